The van der Waals surface area contributed by atoms with Gasteiger partial charge in [-0.05, 0) is 39.0 Å². The van der Waals surface area contributed by atoms with Crippen LogP contribution in [0, 0.1) is 20.8 Å². The Kier molecular flexibility index (Phi) is 3.87. The lowest BCUT2D eigenvalue weighted by Gasteiger charge is -2.09. The molecule has 0 bridgehead atoms. The SMILES string of the molecule is COc1cc2c(cc1-c1c(C)noc1C)[nH]c1ncnc(-c3cccc(C)c3)c12. The van der Waals surface area contributed by atoms with Crippen LogP contribution in [0.2, 0.25) is 0 Å². The van der Waals surface area contributed by atoms with Crippen molar-refractivity contribution in [1.82, 2.24) is 20.1 Å². The Morgan fingerprint density at radius 2 is 1.90 bits per heavy atom. The van der Waals surface area contributed by atoms with Crippen molar-refractivity contribution in [3.05, 3.63) is 59.7 Å². The molecule has 0 fully saturated rings. The molecule has 3 aromatic heterocycles. The average molecular weight is 384 g/mol. The van der Waals surface area contributed by atoms with Crippen molar-refractivity contribution in [2.24, 2.45) is 0 Å². The maximum Gasteiger partial charge on any atom is 0.142 e. The molecule has 0 atom stereocenters. The summed E-state index contributed by atoms with van der Waals surface area (Å²) in [6, 6.07) is 12.4. The quantitative estimate of drug-likeness (QED) is 0.453. The molecule has 6 nitrogen and oxygen atoms in total. The molecule has 0 unspecified atom stereocenters. The van der Waals surface area contributed by atoms with E-state index >= 15 is 0 Å². The highest BCUT2D eigenvalue weighted by atomic mass is 16.5. The molecule has 0 aliphatic heterocycles. The summed E-state index contributed by atoms with van der Waals surface area (Å²) in [5.74, 6) is 1.52. The number of rotatable bonds is 3. The van der Waals surface area contributed by atoms with E-state index in [-0.39, 0.29) is 0 Å². The molecule has 0 radical (unpaired) electrons. The molecule has 2 aromatic carbocycles. The van der Waals surface area contributed by atoms with Crippen LogP contribution in [-0.4, -0.2) is 27.2 Å². The highest BCUT2D eigenvalue weighted by molar-refractivity contribution is 6.13. The van der Waals surface area contributed by atoms with Crippen molar-refractivity contribution in [1.29, 1.82) is 0 Å². The van der Waals surface area contributed by atoms with Gasteiger partial charge in [0.2, 0.25) is 0 Å². The molecule has 1 N–H and O–H groups in total. The van der Waals surface area contributed by atoms with Gasteiger partial charge in [0.05, 0.1) is 29.4 Å². The van der Waals surface area contributed by atoms with Gasteiger partial charge in [-0.25, -0.2) is 9.97 Å². The molecule has 6 heteroatoms. The number of fused-ring (bicyclic) bond motifs is 3. The summed E-state index contributed by atoms with van der Waals surface area (Å²) < 4.78 is 11.1. The third-order valence-electron chi connectivity index (χ3n) is 5.30. The van der Waals surface area contributed by atoms with Gasteiger partial charge in [-0.15, -0.1) is 0 Å². The third kappa shape index (κ3) is 2.68. The number of benzene rings is 2. The minimum absolute atomic E-state index is 0.756. The van der Waals surface area contributed by atoms with Gasteiger partial charge in [0.25, 0.3) is 0 Å². The molecule has 29 heavy (non-hydrogen) atoms. The minimum atomic E-state index is 0.756. The smallest absolute Gasteiger partial charge is 0.142 e. The maximum absolute atomic E-state index is 5.75. The fourth-order valence-corrected chi connectivity index (χ4v) is 4.00. The molecular formula is C23H20N4O2. The van der Waals surface area contributed by atoms with Crippen molar-refractivity contribution in [3.8, 4) is 28.1 Å². The molecule has 5 rings (SSSR count). The standard InChI is InChI=1S/C23H20N4O2/c1-12-6-5-7-15(8-12)22-21-16-10-19(28-4)17(20-13(2)27-29-14(20)3)9-18(16)26-23(21)25-11-24-22/h5-11H,1-4H3,(H,24,25,26). The van der Waals surface area contributed by atoms with E-state index < -0.39 is 0 Å². The summed E-state index contributed by atoms with van der Waals surface area (Å²) in [6.07, 6.45) is 1.60. The first-order chi connectivity index (χ1) is 14.1. The Hall–Kier alpha value is -3.67. The van der Waals surface area contributed by atoms with Crippen LogP contribution in [-0.2, 0) is 0 Å². The van der Waals surface area contributed by atoms with Gasteiger partial charge in [-0.1, -0.05) is 28.9 Å². The van der Waals surface area contributed by atoms with E-state index in [2.05, 4.69) is 51.3 Å². The molecule has 5 aromatic rings. The van der Waals surface area contributed by atoms with E-state index in [0.717, 1.165) is 61.5 Å². The fourth-order valence-electron chi connectivity index (χ4n) is 4.00. The topological polar surface area (TPSA) is 76.8 Å². The van der Waals surface area contributed by atoms with E-state index in [0.29, 0.717) is 0 Å². The largest absolute Gasteiger partial charge is 0.496 e. The number of nitrogens with zero attached hydrogens (tertiary/aromatic N) is 3. The molecule has 0 aliphatic rings. The summed E-state index contributed by atoms with van der Waals surface area (Å²) in [7, 11) is 1.68. The number of methoxy groups -OCH3 is 1. The van der Waals surface area contributed by atoms with Crippen molar-refractivity contribution in [2.75, 3.05) is 7.11 Å². The van der Waals surface area contributed by atoms with E-state index in [1.165, 1.54) is 5.56 Å². The van der Waals surface area contributed by atoms with Gasteiger partial charge >= 0.3 is 0 Å². The van der Waals surface area contributed by atoms with Crippen molar-refractivity contribution in [2.45, 2.75) is 20.8 Å². The predicted octanol–water partition coefficient (Wildman–Crippen LogP) is 5.37. The van der Waals surface area contributed by atoms with Crippen LogP contribution in [0.15, 0.2) is 47.2 Å². The lowest BCUT2D eigenvalue weighted by Crippen LogP contribution is -1.91. The third-order valence-corrected chi connectivity index (χ3v) is 5.30. The number of hydrogen-bond donors (Lipinski definition) is 1. The van der Waals surface area contributed by atoms with Crippen LogP contribution < -0.4 is 4.74 Å². The van der Waals surface area contributed by atoms with E-state index in [1.54, 1.807) is 13.4 Å². The lowest BCUT2D eigenvalue weighted by atomic mass is 9.99. The zero-order valence-corrected chi connectivity index (χ0v) is 16.7. The van der Waals surface area contributed by atoms with E-state index in [4.69, 9.17) is 9.26 Å². The number of nitrogens with one attached hydrogen (secondary N) is 1. The predicted molar refractivity (Wildman–Crippen MR) is 113 cm³/mol. The Morgan fingerprint density at radius 3 is 2.62 bits per heavy atom. The van der Waals surface area contributed by atoms with Gasteiger partial charge in [0.1, 0.15) is 23.5 Å². The van der Waals surface area contributed by atoms with Crippen molar-refractivity contribution in [3.63, 3.8) is 0 Å². The molecule has 0 aliphatic carbocycles. The number of aromatic nitrogens is 4. The number of aryl methyl sites for hydroxylation is 3. The van der Waals surface area contributed by atoms with Crippen LogP contribution in [0.1, 0.15) is 17.0 Å². The Bertz CT molecular complexity index is 1360. The number of aromatic amines is 1. The van der Waals surface area contributed by atoms with Crippen LogP contribution >= 0.6 is 0 Å². The van der Waals surface area contributed by atoms with Gasteiger partial charge in [0.15, 0.2) is 0 Å². The van der Waals surface area contributed by atoms with Crippen LogP contribution in [0.25, 0.3) is 44.3 Å². The van der Waals surface area contributed by atoms with Gasteiger partial charge in [0, 0.05) is 22.0 Å². The van der Waals surface area contributed by atoms with Gasteiger partial charge < -0.3 is 14.2 Å². The second kappa shape index (κ2) is 6.44. The Labute approximate surface area is 167 Å². The second-order valence-electron chi connectivity index (χ2n) is 7.24. The molecule has 0 amide bonds. The van der Waals surface area contributed by atoms with Crippen LogP contribution in [0.3, 0.4) is 0 Å². The fraction of sp³-hybridized carbons (Fsp3) is 0.174. The summed E-state index contributed by atoms with van der Waals surface area (Å²) in [4.78, 5) is 12.5. The Morgan fingerprint density at radius 1 is 1.03 bits per heavy atom. The summed E-state index contributed by atoms with van der Waals surface area (Å²) in [5.41, 5.74) is 7.63. The van der Waals surface area contributed by atoms with Gasteiger partial charge in [-0.3, -0.25) is 0 Å². The number of H-pyrrole nitrogens is 1. The first-order valence-corrected chi connectivity index (χ1v) is 9.41. The second-order valence-corrected chi connectivity index (χ2v) is 7.24. The highest BCUT2D eigenvalue weighted by Crippen LogP contribution is 2.41. The van der Waals surface area contributed by atoms with Crippen molar-refractivity contribution < 1.29 is 9.26 Å². The molecular weight excluding hydrogens is 364 g/mol. The number of ether oxygens (including phenoxy) is 1. The summed E-state index contributed by atoms with van der Waals surface area (Å²) >= 11 is 0. The minimum Gasteiger partial charge on any atom is -0.496 e. The normalized spacial score (nSPS) is 11.4. The molecule has 0 saturated heterocycles. The first kappa shape index (κ1) is 17.4. The summed E-state index contributed by atoms with van der Waals surface area (Å²) in [6.45, 7) is 5.92. The zero-order chi connectivity index (χ0) is 20.1. The molecule has 0 saturated carbocycles. The van der Waals surface area contributed by atoms with E-state index in [1.807, 2.05) is 26.0 Å². The molecule has 144 valence electrons. The van der Waals surface area contributed by atoms with Crippen LogP contribution in [0.5, 0.6) is 5.75 Å². The number of hydrogen-bond acceptors (Lipinski definition) is 5. The summed E-state index contributed by atoms with van der Waals surface area (Å²) in [5, 5.41) is 6.09. The lowest BCUT2D eigenvalue weighted by molar-refractivity contribution is 0.393. The van der Waals surface area contributed by atoms with Crippen molar-refractivity contribution >= 4 is 21.9 Å². The van der Waals surface area contributed by atoms with Gasteiger partial charge in [-0.2, -0.15) is 0 Å². The zero-order valence-electron chi connectivity index (χ0n) is 16.7. The van der Waals surface area contributed by atoms with Crippen LogP contribution in [0.4, 0.5) is 0 Å². The average Bonchev–Trinajstić information content (AvgIpc) is 3.25. The maximum atomic E-state index is 5.75. The highest BCUT2D eigenvalue weighted by Gasteiger charge is 2.20. The molecule has 3 heterocycles. The monoisotopic (exact) mass is 384 g/mol. The van der Waals surface area contributed by atoms with E-state index in [9.17, 15) is 0 Å². The Balaban J connectivity index is 1.84. The first-order valence-electron chi connectivity index (χ1n) is 9.41. The molecule has 0 spiro atoms.